The molecule has 0 radical (unpaired) electrons. The van der Waals surface area contributed by atoms with Crippen LogP contribution in [0.25, 0.3) is 17.2 Å². The van der Waals surface area contributed by atoms with Crippen molar-refractivity contribution in [3.05, 3.63) is 95.7 Å². The molecular weight excluding hydrogens is 595 g/mol. The van der Waals surface area contributed by atoms with Crippen molar-refractivity contribution in [1.29, 1.82) is 0 Å². The molecule has 36 heavy (non-hydrogen) atoms. The summed E-state index contributed by atoms with van der Waals surface area (Å²) in [5, 5.41) is 0.595. The average Bonchev–Trinajstić information content (AvgIpc) is 3.41. The quantitative estimate of drug-likeness (QED) is 0.302. The van der Waals surface area contributed by atoms with Gasteiger partial charge < -0.3 is 0 Å². The SMILES string of the molecule is CC1=Cc2c(-c3ccccc3)ccc(C)c2[CH]1[Zr]([CH3])([CH3])(=[SiH2])[C]1=C(C(C)C)C=C2SC(C)C(C)=C21.Cl.Cl. The minimum atomic E-state index is -3.55. The van der Waals surface area contributed by atoms with Crippen LogP contribution >= 0.6 is 36.6 Å². The van der Waals surface area contributed by atoms with E-state index < -0.39 is 17.4 Å². The summed E-state index contributed by atoms with van der Waals surface area (Å²) in [6.07, 6.45) is 5.11. The van der Waals surface area contributed by atoms with E-state index in [1.54, 1.807) is 36.0 Å². The van der Waals surface area contributed by atoms with Crippen LogP contribution in [0.4, 0.5) is 0 Å². The van der Waals surface area contributed by atoms with E-state index in [2.05, 4.69) is 124 Å². The molecule has 2 unspecified atom stereocenters. The van der Waals surface area contributed by atoms with Gasteiger partial charge in [0.25, 0.3) is 0 Å². The number of thioether (sulfide) groups is 1. The molecule has 0 spiro atoms. The van der Waals surface area contributed by atoms with Gasteiger partial charge in [-0.1, -0.05) is 0 Å². The molecule has 2 aromatic rings. The summed E-state index contributed by atoms with van der Waals surface area (Å²) < 4.78 is 7.84. The number of aryl methyl sites for hydroxylation is 1. The Morgan fingerprint density at radius 1 is 0.917 bits per heavy atom. The third-order valence-electron chi connectivity index (χ3n) is 8.45. The van der Waals surface area contributed by atoms with E-state index in [0.29, 0.717) is 14.8 Å². The normalized spacial score (nSPS) is 21.2. The first-order valence-electron chi connectivity index (χ1n) is 12.7. The zero-order valence-corrected chi connectivity index (χ0v) is 29.2. The van der Waals surface area contributed by atoms with Crippen LogP contribution < -0.4 is 0 Å². The maximum absolute atomic E-state index is 3.55. The van der Waals surface area contributed by atoms with Gasteiger partial charge in [0.05, 0.1) is 0 Å². The van der Waals surface area contributed by atoms with Crippen molar-refractivity contribution in [1.82, 2.24) is 0 Å². The molecule has 5 heteroatoms. The first-order valence-corrected chi connectivity index (χ1v) is 27.1. The molecule has 2 atom stereocenters. The Morgan fingerprint density at radius 2 is 1.56 bits per heavy atom. The van der Waals surface area contributed by atoms with Crippen LogP contribution in [-0.4, -0.2) is 12.1 Å². The number of allylic oxidation sites excluding steroid dienone is 5. The predicted molar refractivity (Wildman–Crippen MR) is 167 cm³/mol. The molecule has 0 nitrogen and oxygen atoms in total. The van der Waals surface area contributed by atoms with Crippen molar-refractivity contribution in [3.63, 3.8) is 0 Å². The van der Waals surface area contributed by atoms with Crippen LogP contribution in [0.5, 0.6) is 0 Å². The monoisotopic (exact) mass is 632 g/mol. The molecule has 2 aromatic carbocycles. The standard InChI is InChI=1S/C17H15.C12H15S.2CH3.2ClH.H2Si.Zr/c1-12-10-16-13(2)8-9-15(17(16)11-12)14-6-4-3-5-7-14;1-7(2)10-5-11-8(3)9(4)13-12(11)6-10;;;;;;/h3-11H,1-2H3;6-7,9H,1-4H3;2*1H3;2*1H;1H2;. The molecule has 0 N–H and O–H groups in total. The maximum Gasteiger partial charge on any atom is -0.147 e. The van der Waals surface area contributed by atoms with Crippen molar-refractivity contribution in [2.45, 2.75) is 59.7 Å². The first kappa shape index (κ1) is 30.0. The number of benzene rings is 2. The largest absolute Gasteiger partial charge is 0.147 e. The van der Waals surface area contributed by atoms with Crippen LogP contribution in [-0.2, 0) is 17.4 Å². The van der Waals surface area contributed by atoms with Gasteiger partial charge in [-0.05, 0) is 0 Å². The molecule has 3 aliphatic rings. The second-order valence-electron chi connectivity index (χ2n) is 12.1. The summed E-state index contributed by atoms with van der Waals surface area (Å²) in [6, 6.07) is 15.7. The molecule has 0 saturated carbocycles. The zero-order chi connectivity index (χ0) is 24.6. The maximum atomic E-state index is 2.74. The first-order chi connectivity index (χ1) is 15.9. The van der Waals surface area contributed by atoms with Crippen LogP contribution in [0.15, 0.2) is 79.0 Å². The summed E-state index contributed by atoms with van der Waals surface area (Å²) in [5.41, 5.74) is 13.7. The molecule has 1 aliphatic heterocycles. The minimum Gasteiger partial charge on any atom is -0.147 e. The number of halogens is 2. The molecule has 0 amide bonds. The molecular formula is C31H40Cl2SSiZr. The molecule has 5 rings (SSSR count). The molecule has 0 fully saturated rings. The fraction of sp³-hybridized carbons (Fsp3) is 0.355. The van der Waals surface area contributed by atoms with Crippen molar-refractivity contribution in [2.24, 2.45) is 5.92 Å². The third-order valence-corrected chi connectivity index (χ3v) is 26.0. The van der Waals surface area contributed by atoms with Gasteiger partial charge in [0, 0.05) is 0 Å². The molecule has 192 valence electrons. The number of fused-ring (bicyclic) bond motifs is 2. The summed E-state index contributed by atoms with van der Waals surface area (Å²) >= 11 is -1.47. The average molecular weight is 635 g/mol. The van der Waals surface area contributed by atoms with Crippen LogP contribution in [0, 0.1) is 12.8 Å². The van der Waals surface area contributed by atoms with Gasteiger partial charge in [-0.3, -0.25) is 0 Å². The summed E-state index contributed by atoms with van der Waals surface area (Å²) in [6.45, 7) is 16.8. The summed E-state index contributed by atoms with van der Waals surface area (Å²) in [4.78, 5) is 1.55. The van der Waals surface area contributed by atoms with Crippen molar-refractivity contribution in [2.75, 3.05) is 0 Å². The van der Waals surface area contributed by atoms with Crippen molar-refractivity contribution >= 4 is 49.5 Å². The summed E-state index contributed by atoms with van der Waals surface area (Å²) in [7, 11) is 0. The van der Waals surface area contributed by atoms with Crippen molar-refractivity contribution < 1.29 is 17.4 Å². The second-order valence-corrected chi connectivity index (χ2v) is 42.8. The number of hydrogen-bond donors (Lipinski definition) is 0. The fourth-order valence-electron chi connectivity index (χ4n) is 6.89. The van der Waals surface area contributed by atoms with E-state index in [0.717, 1.165) is 0 Å². The van der Waals surface area contributed by atoms with Crippen LogP contribution in [0.2, 0.25) is 9.26 Å². The van der Waals surface area contributed by atoms with E-state index in [9.17, 15) is 0 Å². The Balaban J connectivity index is 0.00000180. The Kier molecular flexibility index (Phi) is 8.49. The number of hydrogen-bond acceptors (Lipinski definition) is 1. The molecule has 0 bridgehead atoms. The van der Waals surface area contributed by atoms with Gasteiger partial charge >= 0.3 is 215 Å². The molecule has 1 heterocycles. The summed E-state index contributed by atoms with van der Waals surface area (Å²) in [5.74, 6) is 0.559. The smallest absolute Gasteiger partial charge is 0.147 e. The van der Waals surface area contributed by atoms with Gasteiger partial charge in [-0.25, -0.2) is 0 Å². The molecule has 0 aromatic heterocycles. The van der Waals surface area contributed by atoms with Gasteiger partial charge in [0.2, 0.25) is 0 Å². The molecule has 2 aliphatic carbocycles. The van der Waals surface area contributed by atoms with Gasteiger partial charge in [-0.2, -0.15) is 0 Å². The Bertz CT molecular complexity index is 1420. The molecule has 0 saturated heterocycles. The van der Waals surface area contributed by atoms with E-state index in [1.807, 2.05) is 0 Å². The fourth-order valence-corrected chi connectivity index (χ4v) is 27.5. The third kappa shape index (κ3) is 4.50. The zero-order valence-electron chi connectivity index (χ0n) is 22.9. The topological polar surface area (TPSA) is 0 Å². The van der Waals surface area contributed by atoms with E-state index in [-0.39, 0.29) is 24.8 Å². The predicted octanol–water partition coefficient (Wildman–Crippen LogP) is 9.56. The number of rotatable bonds is 4. The van der Waals surface area contributed by atoms with Crippen molar-refractivity contribution in [3.8, 4) is 11.1 Å². The van der Waals surface area contributed by atoms with Gasteiger partial charge in [-0.15, -0.1) is 24.8 Å². The van der Waals surface area contributed by atoms with E-state index in [1.165, 1.54) is 22.3 Å². The second kappa shape index (κ2) is 10.2. The van der Waals surface area contributed by atoms with Crippen LogP contribution in [0.1, 0.15) is 54.9 Å². The Labute approximate surface area is 237 Å². The Hall–Kier alpha value is -0.570. The minimum absolute atomic E-state index is 0. The Morgan fingerprint density at radius 3 is 2.17 bits per heavy atom. The van der Waals surface area contributed by atoms with Crippen LogP contribution in [0.3, 0.4) is 0 Å². The van der Waals surface area contributed by atoms with E-state index in [4.69, 9.17) is 0 Å². The van der Waals surface area contributed by atoms with E-state index >= 15 is 0 Å². The van der Waals surface area contributed by atoms with Gasteiger partial charge in [0.15, 0.2) is 0 Å². The van der Waals surface area contributed by atoms with Gasteiger partial charge in [0.1, 0.15) is 0 Å².